The molecule has 3 rings (SSSR count). The third-order valence-corrected chi connectivity index (χ3v) is 4.84. The predicted molar refractivity (Wildman–Crippen MR) is 83.9 cm³/mol. The van der Waals surface area contributed by atoms with Gasteiger partial charge in [0.05, 0.1) is 19.3 Å². The van der Waals surface area contributed by atoms with Crippen LogP contribution in [0, 0.1) is 11.8 Å². The molecule has 0 spiro atoms. The summed E-state index contributed by atoms with van der Waals surface area (Å²) < 4.78 is 10.4. The standard InChI is InChI=1S/C17H24N2O4/c1-22-15-3-2-12(10-18-15)16(13-8-14(20)9-13)19-17(21)11-4-6-23-7-5-11/h2-3,10-11,13-14,16,20H,4-9H2,1H3,(H,19,21). The number of ether oxygens (including phenoxy) is 2. The van der Waals surface area contributed by atoms with Crippen molar-refractivity contribution in [1.82, 2.24) is 10.3 Å². The number of methoxy groups -OCH3 is 1. The average Bonchev–Trinajstić information content (AvgIpc) is 2.58. The fourth-order valence-corrected chi connectivity index (χ4v) is 3.30. The maximum Gasteiger partial charge on any atom is 0.223 e. The summed E-state index contributed by atoms with van der Waals surface area (Å²) in [7, 11) is 1.58. The van der Waals surface area contributed by atoms with E-state index in [2.05, 4.69) is 10.3 Å². The lowest BCUT2D eigenvalue weighted by atomic mass is 9.75. The van der Waals surface area contributed by atoms with E-state index in [1.54, 1.807) is 19.4 Å². The summed E-state index contributed by atoms with van der Waals surface area (Å²) >= 11 is 0. The number of rotatable bonds is 5. The monoisotopic (exact) mass is 320 g/mol. The van der Waals surface area contributed by atoms with Gasteiger partial charge in [-0.1, -0.05) is 6.07 Å². The summed E-state index contributed by atoms with van der Waals surface area (Å²) in [5, 5.41) is 12.8. The Morgan fingerprint density at radius 3 is 2.70 bits per heavy atom. The van der Waals surface area contributed by atoms with Gasteiger partial charge in [-0.05, 0) is 37.2 Å². The number of aromatic nitrogens is 1. The molecule has 1 aliphatic carbocycles. The zero-order chi connectivity index (χ0) is 16.2. The Kier molecular flexibility index (Phi) is 5.13. The van der Waals surface area contributed by atoms with Crippen molar-refractivity contribution in [3.05, 3.63) is 23.9 Å². The normalized spacial score (nSPS) is 26.2. The summed E-state index contributed by atoms with van der Waals surface area (Å²) in [4.78, 5) is 16.8. The van der Waals surface area contributed by atoms with Crippen LogP contribution in [0.25, 0.3) is 0 Å². The molecule has 126 valence electrons. The van der Waals surface area contributed by atoms with Gasteiger partial charge in [0.15, 0.2) is 0 Å². The molecule has 1 atom stereocenters. The largest absolute Gasteiger partial charge is 0.481 e. The van der Waals surface area contributed by atoms with Crippen molar-refractivity contribution < 1.29 is 19.4 Å². The van der Waals surface area contributed by atoms with Crippen molar-refractivity contribution in [3.63, 3.8) is 0 Å². The van der Waals surface area contributed by atoms with Gasteiger partial charge in [0, 0.05) is 31.4 Å². The second kappa shape index (κ2) is 7.27. The molecule has 23 heavy (non-hydrogen) atoms. The molecule has 2 fully saturated rings. The Morgan fingerprint density at radius 2 is 2.13 bits per heavy atom. The molecule has 6 nitrogen and oxygen atoms in total. The summed E-state index contributed by atoms with van der Waals surface area (Å²) in [6, 6.07) is 3.64. The molecule has 1 aromatic rings. The third-order valence-electron chi connectivity index (χ3n) is 4.84. The Hall–Kier alpha value is -1.66. The molecular weight excluding hydrogens is 296 g/mol. The lowest BCUT2D eigenvalue weighted by molar-refractivity contribution is -0.129. The number of nitrogens with zero attached hydrogens (tertiary/aromatic N) is 1. The lowest BCUT2D eigenvalue weighted by Crippen LogP contribution is -2.44. The zero-order valence-corrected chi connectivity index (χ0v) is 13.4. The van der Waals surface area contributed by atoms with Crippen LogP contribution < -0.4 is 10.1 Å². The molecule has 6 heteroatoms. The van der Waals surface area contributed by atoms with Crippen molar-refractivity contribution in [2.24, 2.45) is 11.8 Å². The van der Waals surface area contributed by atoms with Gasteiger partial charge in [-0.15, -0.1) is 0 Å². The van der Waals surface area contributed by atoms with Crippen LogP contribution in [0.3, 0.4) is 0 Å². The zero-order valence-electron chi connectivity index (χ0n) is 13.4. The third kappa shape index (κ3) is 3.82. The highest BCUT2D eigenvalue weighted by molar-refractivity contribution is 5.79. The first-order chi connectivity index (χ1) is 11.2. The molecule has 2 N–H and O–H groups in total. The van der Waals surface area contributed by atoms with Gasteiger partial charge in [0.25, 0.3) is 0 Å². The molecule has 1 saturated heterocycles. The van der Waals surface area contributed by atoms with E-state index in [9.17, 15) is 9.90 Å². The fraction of sp³-hybridized carbons (Fsp3) is 0.647. The maximum absolute atomic E-state index is 12.6. The van der Waals surface area contributed by atoms with Gasteiger partial charge in [-0.2, -0.15) is 0 Å². The second-order valence-electron chi connectivity index (χ2n) is 6.39. The van der Waals surface area contributed by atoms with E-state index < -0.39 is 0 Å². The number of pyridine rings is 1. The van der Waals surface area contributed by atoms with Crippen LogP contribution in [0.4, 0.5) is 0 Å². The minimum Gasteiger partial charge on any atom is -0.481 e. The molecule has 1 aliphatic heterocycles. The van der Waals surface area contributed by atoms with Crippen molar-refractivity contribution in [3.8, 4) is 5.88 Å². The minimum absolute atomic E-state index is 0.0162. The van der Waals surface area contributed by atoms with Crippen LogP contribution in [0.5, 0.6) is 5.88 Å². The van der Waals surface area contributed by atoms with Gasteiger partial charge in [-0.25, -0.2) is 4.98 Å². The van der Waals surface area contributed by atoms with Gasteiger partial charge >= 0.3 is 0 Å². The van der Waals surface area contributed by atoms with Crippen LogP contribution in [0.15, 0.2) is 18.3 Å². The van der Waals surface area contributed by atoms with Crippen molar-refractivity contribution >= 4 is 5.91 Å². The summed E-state index contributed by atoms with van der Waals surface area (Å²) in [6.45, 7) is 1.30. The fourth-order valence-electron chi connectivity index (χ4n) is 3.30. The molecular formula is C17H24N2O4. The van der Waals surface area contributed by atoms with E-state index >= 15 is 0 Å². The van der Waals surface area contributed by atoms with Crippen LogP contribution >= 0.6 is 0 Å². The van der Waals surface area contributed by atoms with Crippen molar-refractivity contribution in [2.45, 2.75) is 37.8 Å². The molecule has 1 amide bonds. The van der Waals surface area contributed by atoms with E-state index in [0.29, 0.717) is 31.9 Å². The SMILES string of the molecule is COc1ccc(C(NC(=O)C2CCOCC2)C2CC(O)C2)cn1. The molecule has 2 heterocycles. The highest BCUT2D eigenvalue weighted by Crippen LogP contribution is 2.38. The smallest absolute Gasteiger partial charge is 0.223 e. The van der Waals surface area contributed by atoms with Gasteiger partial charge < -0.3 is 19.9 Å². The molecule has 0 bridgehead atoms. The lowest BCUT2D eigenvalue weighted by Gasteiger charge is -2.39. The molecule has 1 aromatic heterocycles. The minimum atomic E-state index is -0.256. The number of nitrogens with one attached hydrogen (secondary N) is 1. The first-order valence-corrected chi connectivity index (χ1v) is 8.23. The van der Waals surface area contributed by atoms with Crippen molar-refractivity contribution in [2.75, 3.05) is 20.3 Å². The molecule has 0 aromatic carbocycles. The highest BCUT2D eigenvalue weighted by atomic mass is 16.5. The van der Waals surface area contributed by atoms with Gasteiger partial charge in [0.1, 0.15) is 0 Å². The van der Waals surface area contributed by atoms with Gasteiger partial charge in [0.2, 0.25) is 11.8 Å². The topological polar surface area (TPSA) is 80.7 Å². The Bertz CT molecular complexity index is 522. The number of aliphatic hydroxyl groups excluding tert-OH is 1. The first-order valence-electron chi connectivity index (χ1n) is 8.23. The number of hydrogen-bond donors (Lipinski definition) is 2. The Morgan fingerprint density at radius 1 is 1.39 bits per heavy atom. The van der Waals surface area contributed by atoms with E-state index in [1.807, 2.05) is 6.07 Å². The Labute approximate surface area is 136 Å². The van der Waals surface area contributed by atoms with E-state index in [-0.39, 0.29) is 29.9 Å². The molecule has 1 unspecified atom stereocenters. The van der Waals surface area contributed by atoms with Gasteiger partial charge in [-0.3, -0.25) is 4.79 Å². The molecule has 1 saturated carbocycles. The Balaban J connectivity index is 1.71. The van der Waals surface area contributed by atoms with Crippen LogP contribution in [-0.2, 0) is 9.53 Å². The summed E-state index contributed by atoms with van der Waals surface area (Å²) in [5.41, 5.74) is 0.961. The van der Waals surface area contributed by atoms with Crippen LogP contribution in [0.1, 0.15) is 37.3 Å². The average molecular weight is 320 g/mol. The quantitative estimate of drug-likeness (QED) is 0.858. The summed E-state index contributed by atoms with van der Waals surface area (Å²) in [6.07, 6.45) is 4.46. The van der Waals surface area contributed by atoms with E-state index in [4.69, 9.17) is 9.47 Å². The van der Waals surface area contributed by atoms with E-state index in [0.717, 1.165) is 18.4 Å². The number of aliphatic hydroxyl groups is 1. The van der Waals surface area contributed by atoms with Crippen molar-refractivity contribution in [1.29, 1.82) is 0 Å². The summed E-state index contributed by atoms with van der Waals surface area (Å²) in [5.74, 6) is 0.902. The maximum atomic E-state index is 12.6. The number of hydrogen-bond acceptors (Lipinski definition) is 5. The molecule has 0 radical (unpaired) electrons. The van der Waals surface area contributed by atoms with Crippen LogP contribution in [-0.4, -0.2) is 42.4 Å². The van der Waals surface area contributed by atoms with Crippen LogP contribution in [0.2, 0.25) is 0 Å². The molecule has 2 aliphatic rings. The number of amides is 1. The predicted octanol–water partition coefficient (Wildman–Crippen LogP) is 1.44. The number of carbonyl (C=O) groups excluding carboxylic acids is 1. The van der Waals surface area contributed by atoms with E-state index in [1.165, 1.54) is 0 Å². The number of carbonyl (C=O) groups is 1. The highest BCUT2D eigenvalue weighted by Gasteiger charge is 2.37. The first kappa shape index (κ1) is 16.2. The second-order valence-corrected chi connectivity index (χ2v) is 6.39.